The molecule has 2 heterocycles. The lowest BCUT2D eigenvalue weighted by Crippen LogP contribution is -2.42. The number of rotatable bonds is 4. The summed E-state index contributed by atoms with van der Waals surface area (Å²) in [6.45, 7) is 2.89. The monoisotopic (exact) mass is 320 g/mol. The van der Waals surface area contributed by atoms with Gasteiger partial charge in [0.05, 0.1) is 19.3 Å². The van der Waals surface area contributed by atoms with E-state index in [9.17, 15) is 4.79 Å². The fraction of sp³-hybridized carbons (Fsp3) is 0.250. The van der Waals surface area contributed by atoms with E-state index in [4.69, 9.17) is 4.74 Å². The Hall–Kier alpha value is -2.43. The van der Waals surface area contributed by atoms with Gasteiger partial charge in [0.1, 0.15) is 0 Å². The van der Waals surface area contributed by atoms with Gasteiger partial charge in [0.15, 0.2) is 5.78 Å². The number of ether oxygens (including phenoxy) is 1. The number of aromatic nitrogens is 1. The number of fused-ring (bicyclic) bond motifs is 1. The smallest absolute Gasteiger partial charge is 0.186 e. The van der Waals surface area contributed by atoms with Gasteiger partial charge in [0, 0.05) is 35.8 Å². The maximum Gasteiger partial charge on any atom is 0.186 e. The second-order valence-corrected chi connectivity index (χ2v) is 6.07. The van der Waals surface area contributed by atoms with Crippen LogP contribution in [0.15, 0.2) is 60.8 Å². The molecule has 4 heteroatoms. The van der Waals surface area contributed by atoms with Gasteiger partial charge in [0.25, 0.3) is 0 Å². The maximum atomic E-state index is 13.4. The van der Waals surface area contributed by atoms with Crippen molar-refractivity contribution in [1.82, 2.24) is 9.88 Å². The summed E-state index contributed by atoms with van der Waals surface area (Å²) in [5.41, 5.74) is 2.79. The van der Waals surface area contributed by atoms with Crippen LogP contribution in [0.3, 0.4) is 0 Å². The van der Waals surface area contributed by atoms with Crippen LogP contribution in [0.5, 0.6) is 0 Å². The first-order chi connectivity index (χ1) is 11.8. The van der Waals surface area contributed by atoms with Crippen LogP contribution in [0.2, 0.25) is 0 Å². The van der Waals surface area contributed by atoms with Crippen LogP contribution >= 0.6 is 0 Å². The largest absolute Gasteiger partial charge is 0.379 e. The van der Waals surface area contributed by atoms with Crippen molar-refractivity contribution in [2.75, 3.05) is 26.3 Å². The number of hydrogen-bond donors (Lipinski definition) is 1. The van der Waals surface area contributed by atoms with Crippen LogP contribution in [0.1, 0.15) is 22.0 Å². The zero-order valence-corrected chi connectivity index (χ0v) is 13.4. The molecule has 0 bridgehead atoms. The molecule has 1 saturated heterocycles. The van der Waals surface area contributed by atoms with Gasteiger partial charge >= 0.3 is 0 Å². The molecule has 0 radical (unpaired) electrons. The van der Waals surface area contributed by atoms with Crippen molar-refractivity contribution < 1.29 is 9.53 Å². The van der Waals surface area contributed by atoms with Crippen molar-refractivity contribution in [1.29, 1.82) is 0 Å². The van der Waals surface area contributed by atoms with Gasteiger partial charge in [0.2, 0.25) is 0 Å². The molecule has 0 saturated carbocycles. The first-order valence-electron chi connectivity index (χ1n) is 8.31. The highest BCUT2D eigenvalue weighted by atomic mass is 16.5. The summed E-state index contributed by atoms with van der Waals surface area (Å²) in [6.07, 6.45) is 1.84. The molecule has 0 amide bonds. The molecule has 1 unspecified atom stereocenters. The molecule has 1 N–H and O–H groups in total. The van der Waals surface area contributed by atoms with Gasteiger partial charge in [-0.1, -0.05) is 48.5 Å². The van der Waals surface area contributed by atoms with E-state index in [0.29, 0.717) is 13.2 Å². The Kier molecular flexibility index (Phi) is 4.15. The number of carbonyl (C=O) groups is 1. The Labute approximate surface area is 141 Å². The number of benzene rings is 2. The molecule has 122 valence electrons. The molecule has 24 heavy (non-hydrogen) atoms. The summed E-state index contributed by atoms with van der Waals surface area (Å²) in [7, 11) is 0. The zero-order valence-electron chi connectivity index (χ0n) is 13.4. The summed E-state index contributed by atoms with van der Waals surface area (Å²) in [5.74, 6) is 0.139. The predicted octanol–water partition coefficient (Wildman–Crippen LogP) is 3.42. The average Bonchev–Trinajstić information content (AvgIpc) is 3.08. The fourth-order valence-electron chi connectivity index (χ4n) is 3.42. The highest BCUT2D eigenvalue weighted by molar-refractivity contribution is 6.10. The van der Waals surface area contributed by atoms with Crippen molar-refractivity contribution in [3.63, 3.8) is 0 Å². The molecule has 1 atom stereocenters. The van der Waals surface area contributed by atoms with Crippen molar-refractivity contribution >= 4 is 16.7 Å². The van der Waals surface area contributed by atoms with E-state index < -0.39 is 0 Å². The minimum absolute atomic E-state index is 0.139. The molecule has 2 aromatic carbocycles. The Morgan fingerprint density at radius 2 is 1.71 bits per heavy atom. The van der Waals surface area contributed by atoms with Crippen molar-refractivity contribution in [2.45, 2.75) is 6.04 Å². The van der Waals surface area contributed by atoms with Crippen LogP contribution in [0.4, 0.5) is 0 Å². The lowest BCUT2D eigenvalue weighted by molar-refractivity contribution is 0.0173. The second-order valence-electron chi connectivity index (χ2n) is 6.07. The number of ketones is 1. The average molecular weight is 320 g/mol. The normalized spacial score (nSPS) is 17.0. The molecule has 1 fully saturated rings. The highest BCUT2D eigenvalue weighted by Gasteiger charge is 2.30. The summed E-state index contributed by atoms with van der Waals surface area (Å²) in [5, 5.41) is 0.983. The molecule has 4 rings (SSSR count). The number of carbonyl (C=O) groups excluding carboxylic acids is 1. The minimum Gasteiger partial charge on any atom is -0.379 e. The third-order valence-electron chi connectivity index (χ3n) is 4.63. The molecule has 0 aliphatic carbocycles. The van der Waals surface area contributed by atoms with Crippen molar-refractivity contribution in [3.8, 4) is 0 Å². The van der Waals surface area contributed by atoms with Crippen LogP contribution in [0, 0.1) is 0 Å². The van der Waals surface area contributed by atoms with E-state index in [0.717, 1.165) is 35.1 Å². The molecule has 1 aliphatic heterocycles. The second kappa shape index (κ2) is 6.59. The Bertz CT molecular complexity index is 835. The summed E-state index contributed by atoms with van der Waals surface area (Å²) < 4.78 is 5.47. The molecule has 1 aromatic heterocycles. The topological polar surface area (TPSA) is 45.3 Å². The molecule has 4 nitrogen and oxygen atoms in total. The lowest BCUT2D eigenvalue weighted by atomic mass is 9.95. The van der Waals surface area contributed by atoms with Gasteiger partial charge in [-0.25, -0.2) is 0 Å². The molecule has 1 aliphatic rings. The number of Topliss-reactive ketones (excluding diaryl/α,β-unsaturated/α-hetero) is 1. The number of hydrogen-bond acceptors (Lipinski definition) is 3. The van der Waals surface area contributed by atoms with Gasteiger partial charge in [-0.05, 0) is 11.6 Å². The Balaban J connectivity index is 1.76. The maximum absolute atomic E-state index is 13.4. The van der Waals surface area contributed by atoms with Gasteiger partial charge < -0.3 is 9.72 Å². The van der Waals surface area contributed by atoms with Crippen LogP contribution < -0.4 is 0 Å². The van der Waals surface area contributed by atoms with E-state index in [-0.39, 0.29) is 11.8 Å². The number of aromatic amines is 1. The van der Waals surface area contributed by atoms with E-state index in [1.54, 1.807) is 0 Å². The number of morpholine rings is 1. The number of H-pyrrole nitrogens is 1. The zero-order chi connectivity index (χ0) is 16.4. The van der Waals surface area contributed by atoms with Crippen LogP contribution in [0.25, 0.3) is 10.9 Å². The first kappa shape index (κ1) is 15.1. The highest BCUT2D eigenvalue weighted by Crippen LogP contribution is 2.29. The van der Waals surface area contributed by atoms with E-state index in [1.807, 2.05) is 60.8 Å². The third-order valence-corrected chi connectivity index (χ3v) is 4.63. The van der Waals surface area contributed by atoms with Gasteiger partial charge in [-0.2, -0.15) is 0 Å². The molecular weight excluding hydrogens is 300 g/mol. The predicted molar refractivity (Wildman–Crippen MR) is 94.2 cm³/mol. The van der Waals surface area contributed by atoms with Crippen molar-refractivity contribution in [3.05, 3.63) is 71.9 Å². The standard InChI is InChI=1S/C20H20N2O2/c23-20(17-14-21-18-9-5-4-8-16(17)18)19(15-6-2-1-3-7-15)22-10-12-24-13-11-22/h1-9,14,19,21H,10-13H2. The van der Waals surface area contributed by atoms with Gasteiger partial charge in [-0.3, -0.25) is 9.69 Å². The fourth-order valence-corrected chi connectivity index (χ4v) is 3.42. The Morgan fingerprint density at radius 1 is 1.00 bits per heavy atom. The van der Waals surface area contributed by atoms with E-state index in [1.165, 1.54) is 0 Å². The molecule has 3 aromatic rings. The summed E-state index contributed by atoms with van der Waals surface area (Å²) >= 11 is 0. The van der Waals surface area contributed by atoms with Gasteiger partial charge in [-0.15, -0.1) is 0 Å². The number of nitrogens with zero attached hydrogens (tertiary/aromatic N) is 1. The SMILES string of the molecule is O=C(c1c[nH]c2ccccc12)C(c1ccccc1)N1CCOCC1. The number of nitrogens with one attached hydrogen (secondary N) is 1. The summed E-state index contributed by atoms with van der Waals surface area (Å²) in [4.78, 5) is 18.9. The minimum atomic E-state index is -0.269. The number of para-hydroxylation sites is 1. The van der Waals surface area contributed by atoms with Crippen LogP contribution in [-0.2, 0) is 4.74 Å². The summed E-state index contributed by atoms with van der Waals surface area (Å²) in [6, 6.07) is 17.7. The van der Waals surface area contributed by atoms with Crippen LogP contribution in [-0.4, -0.2) is 42.0 Å². The quantitative estimate of drug-likeness (QED) is 0.749. The van der Waals surface area contributed by atoms with E-state index >= 15 is 0 Å². The molecular formula is C20H20N2O2. The third kappa shape index (κ3) is 2.75. The Morgan fingerprint density at radius 3 is 2.50 bits per heavy atom. The van der Waals surface area contributed by atoms with E-state index in [2.05, 4.69) is 9.88 Å². The molecule has 0 spiro atoms. The first-order valence-corrected chi connectivity index (χ1v) is 8.31. The lowest BCUT2D eigenvalue weighted by Gasteiger charge is -2.33. The van der Waals surface area contributed by atoms with Crippen molar-refractivity contribution in [2.24, 2.45) is 0 Å².